The molecule has 2 heterocycles. The van der Waals surface area contributed by atoms with E-state index < -0.39 is 29.7 Å². The number of amides is 3. The Kier molecular flexibility index (Phi) is 7.55. The van der Waals surface area contributed by atoms with E-state index in [0.717, 1.165) is 11.1 Å². The molecule has 3 amide bonds. The van der Waals surface area contributed by atoms with Crippen LogP contribution >= 0.6 is 0 Å². The quantitative estimate of drug-likeness (QED) is 0.534. The first kappa shape index (κ1) is 24.8. The van der Waals surface area contributed by atoms with E-state index in [2.05, 4.69) is 25.7 Å². The van der Waals surface area contributed by atoms with Gasteiger partial charge in [0, 0.05) is 17.4 Å². The molecular weight excluding hydrogens is 436 g/mol. The predicted molar refractivity (Wildman–Crippen MR) is 129 cm³/mol. The highest BCUT2D eigenvalue weighted by Gasteiger charge is 2.22. The standard InChI is InChI=1S/C25H30N4O5/c1-15-7-6-8-19(29-24(32)34-25(2,3)4)21-13-16(11-12-26-21)18-10-9-17(27-23(31)33-5)14-20(18)28-22(15)30/h6-7,9-15,19H,8H2,1-5H3,(H,27,31)(H,28,30)(H,29,32)/b7-6+/t15-,19+/m1/s1. The molecule has 0 radical (unpaired) electrons. The molecule has 3 N–H and O–H groups in total. The number of pyridine rings is 1. The Hall–Kier alpha value is -3.88. The van der Waals surface area contributed by atoms with Gasteiger partial charge >= 0.3 is 12.2 Å². The smallest absolute Gasteiger partial charge is 0.411 e. The number of benzene rings is 1. The Balaban J connectivity index is 2.04. The van der Waals surface area contributed by atoms with Gasteiger partial charge in [-0.3, -0.25) is 15.1 Å². The highest BCUT2D eigenvalue weighted by Crippen LogP contribution is 2.33. The molecule has 9 nitrogen and oxygen atoms in total. The monoisotopic (exact) mass is 466 g/mol. The third-order valence-electron chi connectivity index (χ3n) is 5.06. The van der Waals surface area contributed by atoms with Crippen LogP contribution in [-0.2, 0) is 14.3 Å². The van der Waals surface area contributed by atoms with Crippen LogP contribution in [0.25, 0.3) is 11.1 Å². The van der Waals surface area contributed by atoms with Crippen molar-refractivity contribution in [1.29, 1.82) is 0 Å². The molecule has 3 rings (SSSR count). The van der Waals surface area contributed by atoms with Crippen LogP contribution in [0.5, 0.6) is 0 Å². The van der Waals surface area contributed by atoms with Crippen LogP contribution < -0.4 is 16.0 Å². The highest BCUT2D eigenvalue weighted by atomic mass is 16.6. The summed E-state index contributed by atoms with van der Waals surface area (Å²) in [7, 11) is 1.28. The third-order valence-corrected chi connectivity index (χ3v) is 5.06. The van der Waals surface area contributed by atoms with Crippen LogP contribution in [-0.4, -0.2) is 35.8 Å². The number of nitrogens with zero attached hydrogens (tertiary/aromatic N) is 1. The molecule has 2 atom stereocenters. The lowest BCUT2D eigenvalue weighted by molar-refractivity contribution is -0.118. The van der Waals surface area contributed by atoms with Crippen LogP contribution in [0, 0.1) is 5.92 Å². The number of aromatic nitrogens is 1. The number of anilines is 2. The van der Waals surface area contributed by atoms with Gasteiger partial charge in [-0.05, 0) is 57.0 Å². The van der Waals surface area contributed by atoms with E-state index in [1.807, 2.05) is 18.2 Å². The van der Waals surface area contributed by atoms with E-state index in [1.165, 1.54) is 7.11 Å². The molecule has 0 spiro atoms. The number of methoxy groups -OCH3 is 1. The number of nitrogens with one attached hydrogen (secondary N) is 3. The first-order chi connectivity index (χ1) is 16.1. The van der Waals surface area contributed by atoms with E-state index >= 15 is 0 Å². The largest absolute Gasteiger partial charge is 0.453 e. The zero-order valence-corrected chi connectivity index (χ0v) is 20.0. The minimum absolute atomic E-state index is 0.209. The lowest BCUT2D eigenvalue weighted by Crippen LogP contribution is -2.35. The Bertz CT molecular complexity index is 1110. The van der Waals surface area contributed by atoms with E-state index in [4.69, 9.17) is 4.74 Å². The van der Waals surface area contributed by atoms with Crippen LogP contribution in [0.3, 0.4) is 0 Å². The van der Waals surface area contributed by atoms with Crippen molar-refractivity contribution in [2.45, 2.75) is 45.8 Å². The first-order valence-electron chi connectivity index (χ1n) is 11.0. The summed E-state index contributed by atoms with van der Waals surface area (Å²) in [6.45, 7) is 7.17. The van der Waals surface area contributed by atoms with Gasteiger partial charge in [0.25, 0.3) is 0 Å². The van der Waals surface area contributed by atoms with Gasteiger partial charge in [0.1, 0.15) is 5.60 Å². The van der Waals surface area contributed by atoms with Gasteiger partial charge in [0.05, 0.1) is 30.5 Å². The fourth-order valence-electron chi connectivity index (χ4n) is 3.41. The van der Waals surface area contributed by atoms with Gasteiger partial charge in [-0.25, -0.2) is 9.59 Å². The third kappa shape index (κ3) is 6.57. The van der Waals surface area contributed by atoms with Crippen molar-refractivity contribution in [2.75, 3.05) is 17.7 Å². The number of fused-ring (bicyclic) bond motifs is 4. The number of hydrogen-bond donors (Lipinski definition) is 3. The maximum absolute atomic E-state index is 12.8. The lowest BCUT2D eigenvalue weighted by atomic mass is 9.98. The minimum Gasteiger partial charge on any atom is -0.453 e. The number of alkyl carbamates (subject to hydrolysis) is 1. The zero-order valence-electron chi connectivity index (χ0n) is 20.0. The Morgan fingerprint density at radius 3 is 2.62 bits per heavy atom. The summed E-state index contributed by atoms with van der Waals surface area (Å²) in [5, 5.41) is 8.44. The Labute approximate surface area is 198 Å². The molecule has 0 fully saturated rings. The second kappa shape index (κ2) is 10.4. The summed E-state index contributed by atoms with van der Waals surface area (Å²) in [6, 6.07) is 8.40. The molecule has 9 heteroatoms. The van der Waals surface area contributed by atoms with Gasteiger partial charge in [0.15, 0.2) is 0 Å². The number of carbonyl (C=O) groups is 3. The SMILES string of the molecule is COC(=O)Nc1ccc2c(c1)NC(=O)[C@H](C)/C=C/C[C@H](NC(=O)OC(C)(C)C)c1cc-2ccn1. The van der Waals surface area contributed by atoms with Gasteiger partial charge in [-0.2, -0.15) is 0 Å². The molecule has 2 aromatic rings. The fourth-order valence-corrected chi connectivity index (χ4v) is 3.41. The number of rotatable bonds is 2. The van der Waals surface area contributed by atoms with Crippen molar-refractivity contribution in [1.82, 2.24) is 10.3 Å². The Morgan fingerprint density at radius 1 is 1.15 bits per heavy atom. The normalized spacial score (nSPS) is 18.8. The molecule has 180 valence electrons. The van der Waals surface area contributed by atoms with Crippen molar-refractivity contribution in [3.05, 3.63) is 54.4 Å². The summed E-state index contributed by atoms with van der Waals surface area (Å²) in [5.41, 5.74) is 2.53. The summed E-state index contributed by atoms with van der Waals surface area (Å²) >= 11 is 0. The van der Waals surface area contributed by atoms with Crippen molar-refractivity contribution in [2.24, 2.45) is 5.92 Å². The Morgan fingerprint density at radius 2 is 1.91 bits per heavy atom. The summed E-state index contributed by atoms with van der Waals surface area (Å²) < 4.78 is 10.1. The molecule has 0 saturated heterocycles. The second-order valence-electron chi connectivity index (χ2n) is 8.99. The molecule has 34 heavy (non-hydrogen) atoms. The second-order valence-corrected chi connectivity index (χ2v) is 8.99. The predicted octanol–water partition coefficient (Wildman–Crippen LogP) is 5.03. The number of hydrogen-bond acceptors (Lipinski definition) is 6. The van der Waals surface area contributed by atoms with E-state index in [0.29, 0.717) is 23.5 Å². The van der Waals surface area contributed by atoms with Crippen LogP contribution in [0.4, 0.5) is 21.0 Å². The van der Waals surface area contributed by atoms with Crippen LogP contribution in [0.1, 0.15) is 45.9 Å². The molecule has 2 bridgehead atoms. The summed E-state index contributed by atoms with van der Waals surface area (Å²) in [4.78, 5) is 41.4. The van der Waals surface area contributed by atoms with Gasteiger partial charge < -0.3 is 20.1 Å². The molecule has 1 aliphatic heterocycles. The van der Waals surface area contributed by atoms with Gasteiger partial charge in [-0.15, -0.1) is 0 Å². The van der Waals surface area contributed by atoms with Gasteiger partial charge in [-0.1, -0.05) is 25.1 Å². The molecule has 1 aliphatic rings. The topological polar surface area (TPSA) is 119 Å². The van der Waals surface area contributed by atoms with Crippen LogP contribution in [0.15, 0.2) is 48.7 Å². The maximum Gasteiger partial charge on any atom is 0.411 e. The fraction of sp³-hybridized carbons (Fsp3) is 0.360. The average molecular weight is 467 g/mol. The number of ether oxygens (including phenoxy) is 2. The molecule has 1 aromatic carbocycles. The molecule has 0 unspecified atom stereocenters. The van der Waals surface area contributed by atoms with Crippen molar-refractivity contribution >= 4 is 29.5 Å². The minimum atomic E-state index is -0.637. The maximum atomic E-state index is 12.8. The average Bonchev–Trinajstić information content (AvgIpc) is 2.76. The van der Waals surface area contributed by atoms with Crippen molar-refractivity contribution in [3.63, 3.8) is 0 Å². The summed E-state index contributed by atoms with van der Waals surface area (Å²) in [6.07, 6.45) is 4.55. The van der Waals surface area contributed by atoms with E-state index in [9.17, 15) is 14.4 Å². The molecule has 0 saturated carbocycles. The van der Waals surface area contributed by atoms with Gasteiger partial charge in [0.2, 0.25) is 5.91 Å². The first-order valence-corrected chi connectivity index (χ1v) is 11.0. The molecule has 1 aromatic heterocycles. The van der Waals surface area contributed by atoms with Crippen LogP contribution in [0.2, 0.25) is 0 Å². The van der Waals surface area contributed by atoms with Crippen molar-refractivity contribution in [3.8, 4) is 11.1 Å². The summed E-state index contributed by atoms with van der Waals surface area (Å²) in [5.74, 6) is -0.641. The number of carbonyl (C=O) groups excluding carboxylic acids is 3. The lowest BCUT2D eigenvalue weighted by Gasteiger charge is -2.24. The molecular formula is C25H30N4O5. The van der Waals surface area contributed by atoms with E-state index in [-0.39, 0.29) is 5.91 Å². The zero-order chi connectivity index (χ0) is 24.9. The highest BCUT2D eigenvalue weighted by molar-refractivity contribution is 5.99. The molecule has 0 aliphatic carbocycles. The van der Waals surface area contributed by atoms with Crippen molar-refractivity contribution < 1.29 is 23.9 Å². The van der Waals surface area contributed by atoms with E-state index in [1.54, 1.807) is 58.2 Å².